The lowest BCUT2D eigenvalue weighted by molar-refractivity contribution is -0.119. The van der Waals surface area contributed by atoms with Gasteiger partial charge in [-0.3, -0.25) is 14.7 Å². The lowest BCUT2D eigenvalue weighted by atomic mass is 10.1. The number of nitrogens with zero attached hydrogens (tertiary/aromatic N) is 4. The van der Waals surface area contributed by atoms with Gasteiger partial charge in [-0.1, -0.05) is 17.8 Å². The van der Waals surface area contributed by atoms with E-state index in [0.29, 0.717) is 10.9 Å². The van der Waals surface area contributed by atoms with Crippen molar-refractivity contribution in [1.82, 2.24) is 25.2 Å². The first-order chi connectivity index (χ1) is 11.8. The summed E-state index contributed by atoms with van der Waals surface area (Å²) in [6.45, 7) is 2.75. The van der Waals surface area contributed by atoms with Crippen molar-refractivity contribution in [3.63, 3.8) is 0 Å². The van der Waals surface area contributed by atoms with Crippen LogP contribution >= 0.6 is 11.8 Å². The molecule has 0 saturated carbocycles. The number of pyridine rings is 1. The van der Waals surface area contributed by atoms with E-state index in [9.17, 15) is 4.79 Å². The molecule has 1 aliphatic heterocycles. The molecular weight excluding hydrogens is 322 g/mol. The van der Waals surface area contributed by atoms with Gasteiger partial charge in [0.15, 0.2) is 5.16 Å². The van der Waals surface area contributed by atoms with Crippen LogP contribution in [0.4, 0.5) is 0 Å². The molecule has 0 aromatic carbocycles. The molecule has 1 amide bonds. The second-order valence-corrected chi connectivity index (χ2v) is 6.73. The average Bonchev–Trinajstić information content (AvgIpc) is 2.62. The molecular formula is C17H21N5OS. The molecule has 1 unspecified atom stereocenters. The molecule has 0 bridgehead atoms. The van der Waals surface area contributed by atoms with Gasteiger partial charge in [-0.2, -0.15) is 0 Å². The van der Waals surface area contributed by atoms with Crippen LogP contribution in [0.5, 0.6) is 0 Å². The summed E-state index contributed by atoms with van der Waals surface area (Å²) in [5, 5.41) is 3.76. The van der Waals surface area contributed by atoms with Crippen molar-refractivity contribution in [2.45, 2.75) is 30.6 Å². The first kappa shape index (κ1) is 16.9. The van der Waals surface area contributed by atoms with Gasteiger partial charge < -0.3 is 5.32 Å². The fourth-order valence-corrected chi connectivity index (χ4v) is 3.41. The van der Waals surface area contributed by atoms with Crippen LogP contribution in [0.15, 0.2) is 48.0 Å². The van der Waals surface area contributed by atoms with E-state index in [-0.39, 0.29) is 11.9 Å². The normalized spacial score (nSPS) is 18.2. The lowest BCUT2D eigenvalue weighted by Crippen LogP contribution is -2.47. The third-order valence-electron chi connectivity index (χ3n) is 3.86. The van der Waals surface area contributed by atoms with Crippen LogP contribution in [-0.2, 0) is 11.3 Å². The highest BCUT2D eigenvalue weighted by atomic mass is 32.2. The first-order valence-corrected chi connectivity index (χ1v) is 9.09. The van der Waals surface area contributed by atoms with E-state index < -0.39 is 0 Å². The molecule has 6 nitrogen and oxygen atoms in total. The topological polar surface area (TPSA) is 71.0 Å². The number of carbonyl (C=O) groups excluding carboxylic acids is 1. The monoisotopic (exact) mass is 343 g/mol. The number of aromatic nitrogens is 3. The highest BCUT2D eigenvalue weighted by Crippen LogP contribution is 2.14. The Hall–Kier alpha value is -1.99. The molecule has 24 heavy (non-hydrogen) atoms. The Labute approximate surface area is 146 Å². The van der Waals surface area contributed by atoms with Crippen molar-refractivity contribution < 1.29 is 4.79 Å². The summed E-state index contributed by atoms with van der Waals surface area (Å²) in [7, 11) is 0. The minimum absolute atomic E-state index is 0.0390. The molecule has 1 atom stereocenters. The summed E-state index contributed by atoms with van der Waals surface area (Å²) in [6.07, 6.45) is 7.30. The second-order valence-electron chi connectivity index (χ2n) is 5.78. The third kappa shape index (κ3) is 5.28. The average molecular weight is 343 g/mol. The van der Waals surface area contributed by atoms with Crippen LogP contribution in [0, 0.1) is 0 Å². The molecule has 1 aliphatic rings. The van der Waals surface area contributed by atoms with Crippen molar-refractivity contribution in [2.24, 2.45) is 0 Å². The maximum Gasteiger partial charge on any atom is 0.230 e. The van der Waals surface area contributed by atoms with E-state index in [1.807, 2.05) is 24.4 Å². The minimum Gasteiger partial charge on any atom is -0.351 e. The number of hydrogen-bond acceptors (Lipinski definition) is 6. The van der Waals surface area contributed by atoms with Crippen LogP contribution in [-0.4, -0.2) is 50.6 Å². The van der Waals surface area contributed by atoms with E-state index in [2.05, 4.69) is 25.2 Å². The van der Waals surface area contributed by atoms with Crippen molar-refractivity contribution >= 4 is 17.7 Å². The van der Waals surface area contributed by atoms with Crippen LogP contribution in [0.1, 0.15) is 18.5 Å². The summed E-state index contributed by atoms with van der Waals surface area (Å²) in [6, 6.07) is 7.94. The van der Waals surface area contributed by atoms with Crippen molar-refractivity contribution in [3.8, 4) is 0 Å². The molecule has 126 valence electrons. The highest BCUT2D eigenvalue weighted by Gasteiger charge is 2.21. The van der Waals surface area contributed by atoms with Gasteiger partial charge >= 0.3 is 0 Å². The van der Waals surface area contributed by atoms with Gasteiger partial charge in [0.1, 0.15) is 0 Å². The minimum atomic E-state index is 0.0390. The largest absolute Gasteiger partial charge is 0.351 e. The number of carbonyl (C=O) groups is 1. The molecule has 2 aromatic rings. The number of nitrogens with one attached hydrogen (secondary N) is 1. The Kier molecular flexibility index (Phi) is 6.14. The fraction of sp³-hybridized carbons (Fsp3) is 0.412. The molecule has 7 heteroatoms. The standard InChI is InChI=1S/C17H21N5OS/c23-16(13-24-17-19-8-4-9-20-17)21-15-6-3-10-22(12-15)11-14-5-1-2-7-18-14/h1-2,4-5,7-9,15H,3,6,10-13H2,(H,21,23). The van der Waals surface area contributed by atoms with E-state index in [4.69, 9.17) is 0 Å². The number of piperidine rings is 1. The van der Waals surface area contributed by atoms with Crippen LogP contribution in [0.3, 0.4) is 0 Å². The van der Waals surface area contributed by atoms with Crippen molar-refractivity contribution in [2.75, 3.05) is 18.8 Å². The Bertz CT molecular complexity index is 640. The van der Waals surface area contributed by atoms with Crippen LogP contribution < -0.4 is 5.32 Å². The molecule has 2 aromatic heterocycles. The zero-order valence-corrected chi connectivity index (χ0v) is 14.3. The Balaban J connectivity index is 1.44. The summed E-state index contributed by atoms with van der Waals surface area (Å²) in [5.41, 5.74) is 1.07. The Morgan fingerprint density at radius 1 is 1.21 bits per heavy atom. The van der Waals surface area contributed by atoms with Gasteiger partial charge in [0.2, 0.25) is 5.91 Å². The number of likely N-dealkylation sites (tertiary alicyclic amines) is 1. The molecule has 3 rings (SSSR count). The third-order valence-corrected chi connectivity index (χ3v) is 4.73. The van der Waals surface area contributed by atoms with Gasteiger partial charge in [-0.15, -0.1) is 0 Å². The van der Waals surface area contributed by atoms with E-state index in [0.717, 1.165) is 38.2 Å². The summed E-state index contributed by atoms with van der Waals surface area (Å²) >= 11 is 1.36. The maximum atomic E-state index is 12.1. The van der Waals surface area contributed by atoms with Crippen LogP contribution in [0.2, 0.25) is 0 Å². The molecule has 0 radical (unpaired) electrons. The molecule has 1 N–H and O–H groups in total. The molecule has 1 fully saturated rings. The van der Waals surface area contributed by atoms with E-state index >= 15 is 0 Å². The highest BCUT2D eigenvalue weighted by molar-refractivity contribution is 7.99. The Morgan fingerprint density at radius 3 is 2.83 bits per heavy atom. The van der Waals surface area contributed by atoms with Gasteiger partial charge in [0.25, 0.3) is 0 Å². The van der Waals surface area contributed by atoms with Crippen molar-refractivity contribution in [3.05, 3.63) is 48.5 Å². The quantitative estimate of drug-likeness (QED) is 0.636. The summed E-state index contributed by atoms with van der Waals surface area (Å²) in [5.74, 6) is 0.387. The number of thioether (sulfide) groups is 1. The van der Waals surface area contributed by atoms with Gasteiger partial charge in [0, 0.05) is 37.7 Å². The predicted molar refractivity (Wildman–Crippen MR) is 93.4 cm³/mol. The van der Waals surface area contributed by atoms with Gasteiger partial charge in [0.05, 0.1) is 11.4 Å². The second kappa shape index (κ2) is 8.75. The lowest BCUT2D eigenvalue weighted by Gasteiger charge is -2.32. The Morgan fingerprint density at radius 2 is 2.04 bits per heavy atom. The zero-order valence-electron chi connectivity index (χ0n) is 13.5. The van der Waals surface area contributed by atoms with E-state index in [1.54, 1.807) is 18.5 Å². The predicted octanol–water partition coefficient (Wildman–Crippen LogP) is 1.74. The zero-order chi connectivity index (χ0) is 16.6. The van der Waals surface area contributed by atoms with Gasteiger partial charge in [-0.05, 0) is 37.6 Å². The smallest absolute Gasteiger partial charge is 0.230 e. The maximum absolute atomic E-state index is 12.1. The van der Waals surface area contributed by atoms with E-state index in [1.165, 1.54) is 11.8 Å². The number of amides is 1. The van der Waals surface area contributed by atoms with Crippen LogP contribution in [0.25, 0.3) is 0 Å². The first-order valence-electron chi connectivity index (χ1n) is 8.11. The summed E-state index contributed by atoms with van der Waals surface area (Å²) in [4.78, 5) is 27.1. The number of rotatable bonds is 6. The number of hydrogen-bond donors (Lipinski definition) is 1. The molecule has 0 spiro atoms. The molecule has 1 saturated heterocycles. The van der Waals surface area contributed by atoms with Gasteiger partial charge in [-0.25, -0.2) is 9.97 Å². The molecule has 0 aliphatic carbocycles. The fourth-order valence-electron chi connectivity index (χ4n) is 2.80. The van der Waals surface area contributed by atoms with Crippen molar-refractivity contribution in [1.29, 1.82) is 0 Å². The summed E-state index contributed by atoms with van der Waals surface area (Å²) < 4.78 is 0. The SMILES string of the molecule is O=C(CSc1ncccn1)NC1CCCN(Cc2ccccn2)C1. The molecule has 3 heterocycles.